The van der Waals surface area contributed by atoms with Crippen molar-refractivity contribution in [2.75, 3.05) is 18.5 Å². The summed E-state index contributed by atoms with van der Waals surface area (Å²) in [5.41, 5.74) is 4.87. The van der Waals surface area contributed by atoms with E-state index >= 15 is 0 Å². The molecule has 0 spiro atoms. The van der Waals surface area contributed by atoms with Gasteiger partial charge in [0, 0.05) is 15.7 Å². The van der Waals surface area contributed by atoms with Gasteiger partial charge in [0.1, 0.15) is 13.2 Å². The van der Waals surface area contributed by atoms with Crippen molar-refractivity contribution in [1.29, 1.82) is 0 Å². The van der Waals surface area contributed by atoms with Gasteiger partial charge in [-0.25, -0.2) is 0 Å². The molecule has 0 bridgehead atoms. The molecule has 4 heteroatoms. The molecule has 1 atom stereocenters. The predicted octanol–water partition coefficient (Wildman–Crippen LogP) is 5.82. The Morgan fingerprint density at radius 1 is 0.808 bits per heavy atom. The van der Waals surface area contributed by atoms with Crippen molar-refractivity contribution in [3.8, 4) is 11.5 Å². The molecule has 0 aromatic heterocycles. The van der Waals surface area contributed by atoms with E-state index in [1.807, 2.05) is 17.8 Å². The van der Waals surface area contributed by atoms with Gasteiger partial charge in [-0.1, -0.05) is 43.0 Å². The summed E-state index contributed by atoms with van der Waals surface area (Å²) in [6, 6.07) is 21.4. The average Bonchev–Trinajstić information content (AvgIpc) is 2.71. The Kier molecular flexibility index (Phi) is 3.79. The second-order valence-electron chi connectivity index (χ2n) is 6.60. The monoisotopic (exact) mass is 361 g/mol. The summed E-state index contributed by atoms with van der Waals surface area (Å²) in [6.07, 6.45) is 0. The summed E-state index contributed by atoms with van der Waals surface area (Å²) in [6.45, 7) is 3.47. The van der Waals surface area contributed by atoms with Crippen LogP contribution < -0.4 is 14.8 Å². The van der Waals surface area contributed by atoms with E-state index in [-0.39, 0.29) is 5.92 Å². The first-order valence-corrected chi connectivity index (χ1v) is 9.67. The van der Waals surface area contributed by atoms with Crippen LogP contribution in [0.4, 0.5) is 11.4 Å². The minimum absolute atomic E-state index is 0.278. The van der Waals surface area contributed by atoms with Crippen LogP contribution in [0.5, 0.6) is 11.5 Å². The first-order chi connectivity index (χ1) is 12.8. The van der Waals surface area contributed by atoms with Crippen molar-refractivity contribution in [2.24, 2.45) is 0 Å². The number of nitrogens with one attached hydrogen (secondary N) is 1. The maximum Gasteiger partial charge on any atom is 0.161 e. The molecule has 2 aliphatic rings. The molecule has 130 valence electrons. The highest BCUT2D eigenvalue weighted by Crippen LogP contribution is 2.45. The van der Waals surface area contributed by atoms with E-state index in [1.54, 1.807) is 0 Å². The largest absolute Gasteiger partial charge is 0.486 e. The molecule has 2 aliphatic heterocycles. The molecule has 3 aromatic rings. The highest BCUT2D eigenvalue weighted by Gasteiger charge is 2.19. The van der Waals surface area contributed by atoms with Crippen LogP contribution in [0.2, 0.25) is 0 Å². The normalized spacial score (nSPS) is 15.4. The fraction of sp³-hybridized carbons (Fsp3) is 0.182. The van der Waals surface area contributed by atoms with Gasteiger partial charge in [-0.3, -0.25) is 0 Å². The highest BCUT2D eigenvalue weighted by molar-refractivity contribution is 7.99. The number of anilines is 2. The molecule has 3 nitrogen and oxygen atoms in total. The first-order valence-electron chi connectivity index (χ1n) is 8.85. The molecule has 0 aliphatic carbocycles. The molecule has 0 amide bonds. The van der Waals surface area contributed by atoms with E-state index in [2.05, 4.69) is 66.8 Å². The number of hydrogen-bond donors (Lipinski definition) is 1. The van der Waals surface area contributed by atoms with Crippen molar-refractivity contribution in [2.45, 2.75) is 22.6 Å². The molecule has 1 unspecified atom stereocenters. The highest BCUT2D eigenvalue weighted by atomic mass is 32.2. The molecule has 2 heterocycles. The van der Waals surface area contributed by atoms with E-state index in [9.17, 15) is 0 Å². The Labute approximate surface area is 157 Å². The average molecular weight is 361 g/mol. The Morgan fingerprint density at radius 3 is 2.46 bits per heavy atom. The zero-order chi connectivity index (χ0) is 17.5. The van der Waals surface area contributed by atoms with Crippen LogP contribution in [0.25, 0.3) is 0 Å². The summed E-state index contributed by atoms with van der Waals surface area (Å²) in [7, 11) is 0. The van der Waals surface area contributed by atoms with Gasteiger partial charge in [0.2, 0.25) is 0 Å². The standard InChI is InChI=1S/C22H19NO2S/c1-14(16-6-8-19-20(13-16)25-11-10-24-19)15-7-9-22-18(12-15)23-17-4-2-3-5-21(17)26-22/h2-9,12-14,23H,10-11H2,1H3. The van der Waals surface area contributed by atoms with E-state index in [0.717, 1.165) is 11.5 Å². The Bertz CT molecular complexity index is 986. The summed E-state index contributed by atoms with van der Waals surface area (Å²) >= 11 is 1.82. The molecule has 26 heavy (non-hydrogen) atoms. The van der Waals surface area contributed by atoms with Gasteiger partial charge in [0.25, 0.3) is 0 Å². The summed E-state index contributed by atoms with van der Waals surface area (Å²) in [4.78, 5) is 2.54. The molecule has 1 N–H and O–H groups in total. The lowest BCUT2D eigenvalue weighted by atomic mass is 9.92. The van der Waals surface area contributed by atoms with Gasteiger partial charge in [-0.15, -0.1) is 0 Å². The van der Waals surface area contributed by atoms with Crippen LogP contribution in [-0.4, -0.2) is 13.2 Å². The lowest BCUT2D eigenvalue weighted by Gasteiger charge is -2.23. The number of benzene rings is 3. The SMILES string of the molecule is CC(c1ccc2c(c1)Nc1ccccc1S2)c1ccc2c(c1)OCCO2. The second kappa shape index (κ2) is 6.29. The lowest BCUT2D eigenvalue weighted by molar-refractivity contribution is 0.171. The fourth-order valence-corrected chi connectivity index (χ4v) is 4.42. The maximum absolute atomic E-state index is 5.74. The molecule has 0 radical (unpaired) electrons. The van der Waals surface area contributed by atoms with E-state index in [0.29, 0.717) is 13.2 Å². The summed E-state index contributed by atoms with van der Waals surface area (Å²) < 4.78 is 11.4. The maximum atomic E-state index is 5.74. The zero-order valence-electron chi connectivity index (χ0n) is 14.5. The molecule has 0 saturated carbocycles. The van der Waals surface area contributed by atoms with Crippen LogP contribution >= 0.6 is 11.8 Å². The number of fused-ring (bicyclic) bond motifs is 3. The van der Waals surface area contributed by atoms with Crippen LogP contribution in [0.3, 0.4) is 0 Å². The second-order valence-corrected chi connectivity index (χ2v) is 7.69. The summed E-state index contributed by atoms with van der Waals surface area (Å²) in [5, 5.41) is 3.57. The molecule has 3 aromatic carbocycles. The number of ether oxygens (including phenoxy) is 2. The molecule has 5 rings (SSSR count). The smallest absolute Gasteiger partial charge is 0.161 e. The lowest BCUT2D eigenvalue weighted by Crippen LogP contribution is -2.15. The predicted molar refractivity (Wildman–Crippen MR) is 105 cm³/mol. The Morgan fingerprint density at radius 2 is 1.54 bits per heavy atom. The minimum Gasteiger partial charge on any atom is -0.486 e. The van der Waals surface area contributed by atoms with Crippen LogP contribution in [0.15, 0.2) is 70.5 Å². The minimum atomic E-state index is 0.278. The van der Waals surface area contributed by atoms with Crippen molar-refractivity contribution in [1.82, 2.24) is 0 Å². The third-order valence-electron chi connectivity index (χ3n) is 4.95. The fourth-order valence-electron chi connectivity index (χ4n) is 3.45. The van der Waals surface area contributed by atoms with Gasteiger partial charge in [0.15, 0.2) is 11.5 Å². The molecule has 0 saturated heterocycles. The third-order valence-corrected chi connectivity index (χ3v) is 6.10. The van der Waals surface area contributed by atoms with Crippen LogP contribution in [-0.2, 0) is 0 Å². The van der Waals surface area contributed by atoms with Gasteiger partial charge in [-0.05, 0) is 47.5 Å². The first kappa shape index (κ1) is 15.6. The Hall–Kier alpha value is -2.59. The Balaban J connectivity index is 1.46. The van der Waals surface area contributed by atoms with Gasteiger partial charge >= 0.3 is 0 Å². The van der Waals surface area contributed by atoms with Crippen LogP contribution in [0.1, 0.15) is 24.0 Å². The topological polar surface area (TPSA) is 30.5 Å². The summed E-state index contributed by atoms with van der Waals surface area (Å²) in [5.74, 6) is 1.97. The molecular weight excluding hydrogens is 342 g/mol. The van der Waals surface area contributed by atoms with E-state index < -0.39 is 0 Å². The zero-order valence-corrected chi connectivity index (χ0v) is 15.3. The van der Waals surface area contributed by atoms with Crippen molar-refractivity contribution in [3.63, 3.8) is 0 Å². The van der Waals surface area contributed by atoms with E-state index in [4.69, 9.17) is 9.47 Å². The van der Waals surface area contributed by atoms with Gasteiger partial charge in [-0.2, -0.15) is 0 Å². The van der Waals surface area contributed by atoms with Crippen molar-refractivity contribution in [3.05, 3.63) is 71.8 Å². The number of hydrogen-bond acceptors (Lipinski definition) is 4. The van der Waals surface area contributed by atoms with Gasteiger partial charge < -0.3 is 14.8 Å². The number of rotatable bonds is 2. The third kappa shape index (κ3) is 2.71. The molecule has 0 fully saturated rings. The van der Waals surface area contributed by atoms with Gasteiger partial charge in [0.05, 0.1) is 11.4 Å². The van der Waals surface area contributed by atoms with E-state index in [1.165, 1.54) is 32.3 Å². The van der Waals surface area contributed by atoms with Crippen molar-refractivity contribution >= 4 is 23.1 Å². The quantitative estimate of drug-likeness (QED) is 0.487. The van der Waals surface area contributed by atoms with Crippen molar-refractivity contribution < 1.29 is 9.47 Å². The number of para-hydroxylation sites is 1. The molecular formula is C22H19NO2S. The van der Waals surface area contributed by atoms with Crippen LogP contribution in [0, 0.1) is 0 Å².